The highest BCUT2D eigenvalue weighted by Crippen LogP contribution is 2.36. The number of hydrogen-bond acceptors (Lipinski definition) is 4. The second-order valence-corrected chi connectivity index (χ2v) is 7.28. The summed E-state index contributed by atoms with van der Waals surface area (Å²) in [5, 5.41) is 6.47. The molecule has 3 aliphatic heterocycles. The Labute approximate surface area is 143 Å². The smallest absolute Gasteiger partial charge is 0.250 e. The average molecular weight is 329 g/mol. The van der Waals surface area contributed by atoms with Crippen LogP contribution in [0, 0.1) is 0 Å². The Morgan fingerprint density at radius 2 is 1.96 bits per heavy atom. The Kier molecular flexibility index (Phi) is 4.83. The third-order valence-corrected chi connectivity index (χ3v) is 5.66. The van der Waals surface area contributed by atoms with Gasteiger partial charge in [-0.2, -0.15) is 0 Å². The first-order valence-electron chi connectivity index (χ1n) is 9.22. The van der Waals surface area contributed by atoms with E-state index in [1.54, 1.807) is 0 Å². The van der Waals surface area contributed by atoms with Crippen molar-refractivity contribution in [3.63, 3.8) is 0 Å². The molecule has 0 spiro atoms. The molecule has 0 aromatic heterocycles. The molecule has 2 N–H and O–H groups in total. The zero-order valence-corrected chi connectivity index (χ0v) is 14.1. The van der Waals surface area contributed by atoms with Crippen LogP contribution in [0.1, 0.15) is 31.2 Å². The van der Waals surface area contributed by atoms with Gasteiger partial charge in [-0.25, -0.2) is 0 Å². The summed E-state index contributed by atoms with van der Waals surface area (Å²) in [6, 6.07) is 12.2. The second-order valence-electron chi connectivity index (χ2n) is 7.28. The van der Waals surface area contributed by atoms with Gasteiger partial charge in [0.05, 0.1) is 6.61 Å². The van der Waals surface area contributed by atoms with Crippen molar-refractivity contribution in [2.45, 2.75) is 56.5 Å². The zero-order valence-electron chi connectivity index (χ0n) is 14.1. The van der Waals surface area contributed by atoms with E-state index < -0.39 is 0 Å². The summed E-state index contributed by atoms with van der Waals surface area (Å²) in [7, 11) is 0. The lowest BCUT2D eigenvalue weighted by molar-refractivity contribution is -0.135. The minimum Gasteiger partial charge on any atom is -0.366 e. The van der Waals surface area contributed by atoms with Gasteiger partial charge in [0.2, 0.25) is 0 Å². The molecule has 3 aliphatic rings. The number of carbonyl (C=O) groups is 1. The molecule has 5 nitrogen and oxygen atoms in total. The SMILES string of the molecule is O=C(NC1CC2CCC(C1)N2Cc1ccccc1)C1CNCCO1. The molecular weight excluding hydrogens is 302 g/mol. The third-order valence-electron chi connectivity index (χ3n) is 5.66. The molecule has 3 unspecified atom stereocenters. The van der Waals surface area contributed by atoms with Crippen LogP contribution in [-0.2, 0) is 16.1 Å². The molecular formula is C19H27N3O2. The number of piperidine rings is 1. The molecule has 24 heavy (non-hydrogen) atoms. The Bertz CT molecular complexity index is 545. The number of benzene rings is 1. The van der Waals surface area contributed by atoms with Gasteiger partial charge >= 0.3 is 0 Å². The van der Waals surface area contributed by atoms with E-state index in [1.165, 1.54) is 18.4 Å². The third kappa shape index (κ3) is 3.48. The molecule has 2 bridgehead atoms. The molecule has 1 aromatic carbocycles. The van der Waals surface area contributed by atoms with Gasteiger partial charge in [0, 0.05) is 37.8 Å². The predicted octanol–water partition coefficient (Wildman–Crippen LogP) is 1.29. The van der Waals surface area contributed by atoms with E-state index >= 15 is 0 Å². The highest BCUT2D eigenvalue weighted by Gasteiger charge is 2.41. The largest absolute Gasteiger partial charge is 0.366 e. The van der Waals surface area contributed by atoms with Crippen LogP contribution < -0.4 is 10.6 Å². The van der Waals surface area contributed by atoms with Crippen molar-refractivity contribution in [3.8, 4) is 0 Å². The molecule has 0 aliphatic carbocycles. The van der Waals surface area contributed by atoms with Gasteiger partial charge in [0.25, 0.3) is 5.91 Å². The zero-order chi connectivity index (χ0) is 16.4. The Morgan fingerprint density at radius 1 is 1.21 bits per heavy atom. The fourth-order valence-corrected chi connectivity index (χ4v) is 4.47. The van der Waals surface area contributed by atoms with Crippen LogP contribution in [0.15, 0.2) is 30.3 Å². The molecule has 3 saturated heterocycles. The van der Waals surface area contributed by atoms with Crippen LogP contribution >= 0.6 is 0 Å². The summed E-state index contributed by atoms with van der Waals surface area (Å²) in [5.41, 5.74) is 1.39. The van der Waals surface area contributed by atoms with Crippen molar-refractivity contribution >= 4 is 5.91 Å². The van der Waals surface area contributed by atoms with E-state index in [1.807, 2.05) is 0 Å². The fourth-order valence-electron chi connectivity index (χ4n) is 4.47. The lowest BCUT2D eigenvalue weighted by Gasteiger charge is -2.39. The highest BCUT2D eigenvalue weighted by atomic mass is 16.5. The van der Waals surface area contributed by atoms with Crippen molar-refractivity contribution in [2.24, 2.45) is 0 Å². The van der Waals surface area contributed by atoms with E-state index in [2.05, 4.69) is 45.9 Å². The summed E-state index contributed by atoms with van der Waals surface area (Å²) in [6.45, 7) is 3.13. The minimum atomic E-state index is -0.321. The summed E-state index contributed by atoms with van der Waals surface area (Å²) in [6.07, 6.45) is 4.32. The first-order chi connectivity index (χ1) is 11.8. The molecule has 0 saturated carbocycles. The maximum atomic E-state index is 12.4. The van der Waals surface area contributed by atoms with Crippen LogP contribution in [0.5, 0.6) is 0 Å². The van der Waals surface area contributed by atoms with E-state index in [0.717, 1.165) is 25.9 Å². The number of ether oxygens (including phenoxy) is 1. The molecule has 3 fully saturated rings. The summed E-state index contributed by atoms with van der Waals surface area (Å²) in [4.78, 5) is 15.0. The van der Waals surface area contributed by atoms with Crippen LogP contribution in [0.2, 0.25) is 0 Å². The standard InChI is InChI=1S/C19H27N3O2/c23-19(18-12-20-8-9-24-18)21-15-10-16-6-7-17(11-15)22(16)13-14-4-2-1-3-5-14/h1-5,15-18,20H,6-13H2,(H,21,23). The Balaban J connectivity index is 1.33. The quantitative estimate of drug-likeness (QED) is 0.874. The van der Waals surface area contributed by atoms with Gasteiger partial charge in [-0.05, 0) is 31.2 Å². The fraction of sp³-hybridized carbons (Fsp3) is 0.632. The highest BCUT2D eigenvalue weighted by molar-refractivity contribution is 5.81. The maximum absolute atomic E-state index is 12.4. The molecule has 1 aromatic rings. The van der Waals surface area contributed by atoms with Crippen LogP contribution in [-0.4, -0.2) is 54.7 Å². The molecule has 5 heteroatoms. The predicted molar refractivity (Wildman–Crippen MR) is 92.6 cm³/mol. The monoisotopic (exact) mass is 329 g/mol. The minimum absolute atomic E-state index is 0.0584. The first kappa shape index (κ1) is 16.1. The van der Waals surface area contributed by atoms with E-state index in [-0.39, 0.29) is 12.0 Å². The normalized spacial score (nSPS) is 33.3. The van der Waals surface area contributed by atoms with Crippen molar-refractivity contribution in [3.05, 3.63) is 35.9 Å². The van der Waals surface area contributed by atoms with Gasteiger partial charge in [-0.15, -0.1) is 0 Å². The van der Waals surface area contributed by atoms with Crippen LogP contribution in [0.25, 0.3) is 0 Å². The van der Waals surface area contributed by atoms with Gasteiger partial charge in [-0.3, -0.25) is 9.69 Å². The number of carbonyl (C=O) groups excluding carboxylic acids is 1. The maximum Gasteiger partial charge on any atom is 0.250 e. The van der Waals surface area contributed by atoms with Gasteiger partial charge in [0.1, 0.15) is 6.10 Å². The second kappa shape index (κ2) is 7.21. The molecule has 3 heterocycles. The molecule has 4 rings (SSSR count). The van der Waals surface area contributed by atoms with Crippen molar-refractivity contribution in [1.29, 1.82) is 0 Å². The molecule has 0 radical (unpaired) electrons. The number of morpholine rings is 1. The molecule has 3 atom stereocenters. The first-order valence-corrected chi connectivity index (χ1v) is 9.22. The summed E-state index contributed by atoms with van der Waals surface area (Å²) >= 11 is 0. The van der Waals surface area contributed by atoms with E-state index in [4.69, 9.17) is 4.74 Å². The molecule has 1 amide bonds. The van der Waals surface area contributed by atoms with Gasteiger partial charge < -0.3 is 15.4 Å². The van der Waals surface area contributed by atoms with Gasteiger partial charge in [-0.1, -0.05) is 30.3 Å². The summed E-state index contributed by atoms with van der Waals surface area (Å²) < 4.78 is 5.57. The number of hydrogen-bond donors (Lipinski definition) is 2. The number of fused-ring (bicyclic) bond motifs is 2. The van der Waals surface area contributed by atoms with Crippen LogP contribution in [0.4, 0.5) is 0 Å². The van der Waals surface area contributed by atoms with Crippen molar-refractivity contribution in [2.75, 3.05) is 19.7 Å². The molecule has 130 valence electrons. The summed E-state index contributed by atoms with van der Waals surface area (Å²) in [5.74, 6) is 0.0584. The number of rotatable bonds is 4. The van der Waals surface area contributed by atoms with Crippen molar-refractivity contribution < 1.29 is 9.53 Å². The lowest BCUT2D eigenvalue weighted by Crippen LogP contribution is -2.54. The Morgan fingerprint density at radius 3 is 2.62 bits per heavy atom. The number of nitrogens with zero attached hydrogens (tertiary/aromatic N) is 1. The van der Waals surface area contributed by atoms with E-state index in [0.29, 0.717) is 31.3 Å². The number of amides is 1. The van der Waals surface area contributed by atoms with Gasteiger partial charge in [0.15, 0.2) is 0 Å². The average Bonchev–Trinajstić information content (AvgIpc) is 2.86. The van der Waals surface area contributed by atoms with Crippen LogP contribution in [0.3, 0.4) is 0 Å². The number of nitrogens with one attached hydrogen (secondary N) is 2. The topological polar surface area (TPSA) is 53.6 Å². The van der Waals surface area contributed by atoms with Crippen molar-refractivity contribution in [1.82, 2.24) is 15.5 Å². The Hall–Kier alpha value is -1.43. The lowest BCUT2D eigenvalue weighted by atomic mass is 9.96. The van der Waals surface area contributed by atoms with E-state index in [9.17, 15) is 4.79 Å².